The maximum atomic E-state index is 15.8. The van der Waals surface area contributed by atoms with E-state index in [1.807, 2.05) is 0 Å². The van der Waals surface area contributed by atoms with Crippen LogP contribution in [0.3, 0.4) is 0 Å². The van der Waals surface area contributed by atoms with Gasteiger partial charge in [0.1, 0.15) is 18.3 Å². The van der Waals surface area contributed by atoms with Crippen molar-refractivity contribution in [3.05, 3.63) is 92.4 Å². The first kappa shape index (κ1) is 26.6. The predicted molar refractivity (Wildman–Crippen MR) is 132 cm³/mol. The third-order valence-electron chi connectivity index (χ3n) is 8.09. The molecule has 2 unspecified atom stereocenters. The molecule has 42 heavy (non-hydrogen) atoms. The number of amides is 1. The summed E-state index contributed by atoms with van der Waals surface area (Å²) in [6, 6.07) is 6.12. The smallest absolute Gasteiger partial charge is 0.502 e. The zero-order valence-corrected chi connectivity index (χ0v) is 21.3. The monoisotopic (exact) mass is 594 g/mol. The van der Waals surface area contributed by atoms with Crippen LogP contribution in [0.25, 0.3) is 0 Å². The lowest BCUT2D eigenvalue weighted by atomic mass is 9.91. The number of halogens is 6. The third kappa shape index (κ3) is 3.72. The van der Waals surface area contributed by atoms with Gasteiger partial charge in [0.2, 0.25) is 11.7 Å². The van der Waals surface area contributed by atoms with Crippen LogP contribution in [-0.2, 0) is 16.0 Å². The summed E-state index contributed by atoms with van der Waals surface area (Å²) in [4.78, 5) is 28.1. The number of anilines is 1. The fraction of sp³-hybridized carbons (Fsp3) is 0.333. The van der Waals surface area contributed by atoms with Crippen LogP contribution >= 0.6 is 0 Å². The average molecular weight is 594 g/mol. The van der Waals surface area contributed by atoms with Crippen LogP contribution in [0.15, 0.2) is 47.4 Å². The van der Waals surface area contributed by atoms with Gasteiger partial charge in [-0.05, 0) is 11.6 Å². The van der Waals surface area contributed by atoms with E-state index in [2.05, 4.69) is 4.74 Å². The van der Waals surface area contributed by atoms with Crippen LogP contribution < -0.4 is 15.3 Å². The van der Waals surface area contributed by atoms with Crippen molar-refractivity contribution in [2.75, 3.05) is 29.7 Å². The van der Waals surface area contributed by atoms with Gasteiger partial charge < -0.3 is 19.6 Å². The van der Waals surface area contributed by atoms with Gasteiger partial charge in [-0.25, -0.2) is 13.2 Å². The van der Waals surface area contributed by atoms with Crippen molar-refractivity contribution in [2.24, 2.45) is 0 Å². The Bertz CT molecular complexity index is 1700. The van der Waals surface area contributed by atoms with Gasteiger partial charge >= 0.3 is 6.36 Å². The van der Waals surface area contributed by atoms with Crippen molar-refractivity contribution in [3.63, 3.8) is 0 Å². The van der Waals surface area contributed by atoms with Crippen molar-refractivity contribution in [1.29, 1.82) is 0 Å². The maximum absolute atomic E-state index is 15.8. The van der Waals surface area contributed by atoms with Crippen LogP contribution in [0.5, 0.6) is 5.75 Å². The Hall–Kier alpha value is -4.24. The number of hydrogen-bond donors (Lipinski definition) is 1. The topological polar surface area (TPSA) is 87.5 Å². The number of pyridine rings is 1. The van der Waals surface area contributed by atoms with E-state index in [4.69, 9.17) is 4.74 Å². The molecular weight excluding hydrogens is 574 g/mol. The molecule has 4 aliphatic heterocycles. The molecule has 5 heterocycles. The van der Waals surface area contributed by atoms with E-state index >= 15 is 8.78 Å². The number of nitrogens with zero attached hydrogens (tertiary/aromatic N) is 4. The highest BCUT2D eigenvalue weighted by molar-refractivity contribution is 5.96. The molecule has 1 N–H and O–H groups in total. The number of fused-ring (bicyclic) bond motifs is 3. The van der Waals surface area contributed by atoms with E-state index in [1.54, 1.807) is 0 Å². The Morgan fingerprint density at radius 3 is 2.52 bits per heavy atom. The van der Waals surface area contributed by atoms with Crippen LogP contribution in [-0.4, -0.2) is 59.2 Å². The van der Waals surface area contributed by atoms with E-state index in [9.17, 15) is 32.3 Å². The fourth-order valence-electron chi connectivity index (χ4n) is 6.41. The molecule has 0 radical (unpaired) electrons. The quantitative estimate of drug-likeness (QED) is 0.359. The third-order valence-corrected chi connectivity index (χ3v) is 8.09. The highest BCUT2D eigenvalue weighted by Gasteiger charge is 2.52. The normalized spacial score (nSPS) is 24.6. The first-order valence-corrected chi connectivity index (χ1v) is 12.8. The van der Waals surface area contributed by atoms with Gasteiger partial charge in [-0.3, -0.25) is 24.0 Å². The summed E-state index contributed by atoms with van der Waals surface area (Å²) in [5.74, 6) is -4.11. The lowest BCUT2D eigenvalue weighted by Gasteiger charge is -2.51. The molecule has 9 nitrogen and oxygen atoms in total. The second-order valence-electron chi connectivity index (χ2n) is 10.3. The molecule has 7 rings (SSSR count). The SMILES string of the molecule is O=C1c2c(O)c(=O)ccn2N([C@H]2c3ccc(F)c(F)c3CN3c4c(cccc42)C(OC(F)(F)F)C3F)[C@@H]2COCCN12. The molecule has 15 heteroatoms. The maximum Gasteiger partial charge on any atom is 0.523 e. The number of alkyl halides is 4. The van der Waals surface area contributed by atoms with Gasteiger partial charge in [0, 0.05) is 42.0 Å². The summed E-state index contributed by atoms with van der Waals surface area (Å²) < 4.78 is 97.1. The average Bonchev–Trinajstić information content (AvgIpc) is 3.11. The summed E-state index contributed by atoms with van der Waals surface area (Å²) in [5.41, 5.74) is -1.44. The summed E-state index contributed by atoms with van der Waals surface area (Å²) in [5, 5.41) is 12.2. The number of carbonyl (C=O) groups excluding carboxylic acids is 1. The Kier molecular flexibility index (Phi) is 5.79. The molecule has 0 spiro atoms. The molecule has 220 valence electrons. The Labute approximate surface area is 232 Å². The number of hydrogen-bond acceptors (Lipinski definition) is 7. The molecule has 4 aliphatic rings. The molecule has 2 aromatic carbocycles. The predicted octanol–water partition coefficient (Wildman–Crippen LogP) is 3.58. The minimum atomic E-state index is -5.20. The number of rotatable bonds is 2. The number of aromatic hydroxyl groups is 1. The Morgan fingerprint density at radius 1 is 1.00 bits per heavy atom. The number of ether oxygens (including phenoxy) is 2. The Balaban J connectivity index is 1.53. The second kappa shape index (κ2) is 9.13. The van der Waals surface area contributed by atoms with Gasteiger partial charge in [-0.1, -0.05) is 24.3 Å². The van der Waals surface area contributed by atoms with Crippen LogP contribution in [0.1, 0.15) is 44.9 Å². The highest BCUT2D eigenvalue weighted by Crippen LogP contribution is 2.53. The first-order valence-electron chi connectivity index (χ1n) is 12.8. The molecule has 3 aromatic rings. The van der Waals surface area contributed by atoms with Crippen molar-refractivity contribution < 1.29 is 45.7 Å². The molecule has 1 amide bonds. The number of benzene rings is 2. The van der Waals surface area contributed by atoms with Crippen LogP contribution in [0.4, 0.5) is 32.0 Å². The lowest BCUT2D eigenvalue weighted by molar-refractivity contribution is -0.349. The largest absolute Gasteiger partial charge is 0.523 e. The number of morpholine rings is 1. The van der Waals surface area contributed by atoms with E-state index in [0.29, 0.717) is 0 Å². The number of aromatic nitrogens is 1. The van der Waals surface area contributed by atoms with Crippen LogP contribution in [0.2, 0.25) is 0 Å². The molecule has 1 saturated heterocycles. The van der Waals surface area contributed by atoms with E-state index in [-0.39, 0.29) is 47.7 Å². The highest BCUT2D eigenvalue weighted by atomic mass is 19.4. The molecule has 1 fully saturated rings. The number of carbonyl (C=O) groups is 1. The summed E-state index contributed by atoms with van der Waals surface area (Å²) in [6.07, 6.45) is -9.45. The number of para-hydroxylation sites is 1. The lowest BCUT2D eigenvalue weighted by Crippen LogP contribution is -2.66. The summed E-state index contributed by atoms with van der Waals surface area (Å²) in [7, 11) is 0. The van der Waals surface area contributed by atoms with E-state index in [1.165, 1.54) is 45.0 Å². The standard InChI is InChI=1S/C27H20F6N4O5/c28-16-5-4-12-15(19(16)29)10-35-20-13(2-1-3-14(20)24(25(35)30)42-27(31,32)33)21(12)37-18-11-41-9-8-34(18)26(40)22-23(39)17(38)6-7-36(22)37/h1-7,18,21,24-25,39H,8-11H2/t18-,21+,24?,25?/m1/s1. The van der Waals surface area contributed by atoms with E-state index < -0.39 is 71.9 Å². The van der Waals surface area contributed by atoms with Gasteiger partial charge in [0.15, 0.2) is 23.1 Å². The minimum Gasteiger partial charge on any atom is -0.502 e. The summed E-state index contributed by atoms with van der Waals surface area (Å²) >= 11 is 0. The zero-order valence-electron chi connectivity index (χ0n) is 21.3. The molecular formula is C27H20F6N4O5. The van der Waals surface area contributed by atoms with Gasteiger partial charge in [0.25, 0.3) is 5.91 Å². The summed E-state index contributed by atoms with van der Waals surface area (Å²) in [6.45, 7) is -0.549. The van der Waals surface area contributed by atoms with E-state index in [0.717, 1.165) is 17.0 Å². The molecule has 0 bridgehead atoms. The van der Waals surface area contributed by atoms with Crippen LogP contribution in [0, 0.1) is 11.6 Å². The van der Waals surface area contributed by atoms with Crippen molar-refractivity contribution in [3.8, 4) is 5.75 Å². The second-order valence-corrected chi connectivity index (χ2v) is 10.3. The Morgan fingerprint density at radius 2 is 1.76 bits per heavy atom. The molecule has 0 aliphatic carbocycles. The fourth-order valence-corrected chi connectivity index (χ4v) is 6.41. The van der Waals surface area contributed by atoms with Crippen molar-refractivity contribution >= 4 is 11.6 Å². The molecule has 0 saturated carbocycles. The van der Waals surface area contributed by atoms with Gasteiger partial charge in [-0.2, -0.15) is 0 Å². The molecule has 4 atom stereocenters. The molecule has 1 aromatic heterocycles. The zero-order chi connectivity index (χ0) is 29.7. The van der Waals surface area contributed by atoms with Crippen molar-refractivity contribution in [2.45, 2.75) is 37.5 Å². The minimum absolute atomic E-state index is 0.0211. The first-order chi connectivity index (χ1) is 20.0. The van der Waals surface area contributed by atoms with Gasteiger partial charge in [-0.15, -0.1) is 13.2 Å². The van der Waals surface area contributed by atoms with Gasteiger partial charge in [0.05, 0.1) is 18.9 Å². The van der Waals surface area contributed by atoms with Crippen molar-refractivity contribution in [1.82, 2.24) is 9.58 Å².